The molecular weight excluding hydrogens is 164 g/mol. The van der Waals surface area contributed by atoms with Gasteiger partial charge < -0.3 is 4.52 Å². The first-order valence-electron chi connectivity index (χ1n) is 4.69. The predicted molar refractivity (Wildman–Crippen MR) is 50.1 cm³/mol. The molecule has 0 spiro atoms. The Labute approximate surface area is 77.8 Å². The SMILES string of the molecule is C/C=C(/C)c1nc(C2CC2C)no1. The van der Waals surface area contributed by atoms with Gasteiger partial charge in [0.25, 0.3) is 5.89 Å². The minimum absolute atomic E-state index is 0.544. The maximum atomic E-state index is 5.14. The average Bonchev–Trinajstić information content (AvgIpc) is 2.70. The summed E-state index contributed by atoms with van der Waals surface area (Å²) in [5.41, 5.74) is 1.05. The maximum Gasteiger partial charge on any atom is 0.253 e. The second-order valence-corrected chi connectivity index (χ2v) is 3.75. The molecule has 2 rings (SSSR count). The highest BCUT2D eigenvalue weighted by Gasteiger charge is 2.38. The molecule has 0 aromatic carbocycles. The topological polar surface area (TPSA) is 38.9 Å². The molecule has 2 unspecified atom stereocenters. The van der Waals surface area contributed by atoms with Gasteiger partial charge in [0, 0.05) is 11.5 Å². The van der Waals surface area contributed by atoms with E-state index >= 15 is 0 Å². The Morgan fingerprint density at radius 3 is 2.85 bits per heavy atom. The van der Waals surface area contributed by atoms with Crippen molar-refractivity contribution in [2.45, 2.75) is 33.1 Å². The summed E-state index contributed by atoms with van der Waals surface area (Å²) in [4.78, 5) is 4.35. The van der Waals surface area contributed by atoms with Gasteiger partial charge >= 0.3 is 0 Å². The fourth-order valence-corrected chi connectivity index (χ4v) is 1.35. The Bertz CT molecular complexity index is 340. The van der Waals surface area contributed by atoms with Crippen molar-refractivity contribution in [3.8, 4) is 0 Å². The van der Waals surface area contributed by atoms with Gasteiger partial charge in [0.15, 0.2) is 5.82 Å². The number of rotatable bonds is 2. The van der Waals surface area contributed by atoms with Gasteiger partial charge in [0.2, 0.25) is 0 Å². The van der Waals surface area contributed by atoms with E-state index in [0.29, 0.717) is 11.8 Å². The van der Waals surface area contributed by atoms with E-state index in [1.807, 2.05) is 19.9 Å². The molecule has 1 aromatic heterocycles. The van der Waals surface area contributed by atoms with Crippen LogP contribution in [0.5, 0.6) is 0 Å². The molecule has 0 bridgehead atoms. The van der Waals surface area contributed by atoms with Gasteiger partial charge in [-0.3, -0.25) is 0 Å². The van der Waals surface area contributed by atoms with Gasteiger partial charge in [-0.2, -0.15) is 4.98 Å². The van der Waals surface area contributed by atoms with Crippen LogP contribution in [0.2, 0.25) is 0 Å². The van der Waals surface area contributed by atoms with Crippen LogP contribution in [-0.2, 0) is 0 Å². The first-order chi connectivity index (χ1) is 6.22. The molecule has 0 radical (unpaired) electrons. The summed E-state index contributed by atoms with van der Waals surface area (Å²) in [6.45, 7) is 6.16. The molecule has 0 aliphatic heterocycles. The van der Waals surface area contributed by atoms with E-state index in [1.54, 1.807) is 0 Å². The third-order valence-corrected chi connectivity index (χ3v) is 2.65. The normalized spacial score (nSPS) is 27.8. The zero-order valence-corrected chi connectivity index (χ0v) is 8.24. The largest absolute Gasteiger partial charge is 0.334 e. The zero-order chi connectivity index (χ0) is 9.42. The summed E-state index contributed by atoms with van der Waals surface area (Å²) < 4.78 is 5.14. The zero-order valence-electron chi connectivity index (χ0n) is 8.24. The highest BCUT2D eigenvalue weighted by Crippen LogP contribution is 2.45. The van der Waals surface area contributed by atoms with E-state index in [0.717, 1.165) is 17.3 Å². The van der Waals surface area contributed by atoms with E-state index in [1.165, 1.54) is 6.42 Å². The van der Waals surface area contributed by atoms with Gasteiger partial charge in [-0.25, -0.2) is 0 Å². The summed E-state index contributed by atoms with van der Waals surface area (Å²) >= 11 is 0. The molecule has 0 N–H and O–H groups in total. The van der Waals surface area contributed by atoms with Gasteiger partial charge in [0.05, 0.1) is 0 Å². The molecule has 2 atom stereocenters. The second kappa shape index (κ2) is 2.98. The quantitative estimate of drug-likeness (QED) is 0.698. The van der Waals surface area contributed by atoms with E-state index in [2.05, 4.69) is 17.1 Å². The number of hydrogen-bond acceptors (Lipinski definition) is 3. The first kappa shape index (κ1) is 8.48. The van der Waals surface area contributed by atoms with Crippen molar-refractivity contribution in [2.75, 3.05) is 0 Å². The maximum absolute atomic E-state index is 5.14. The molecule has 1 heterocycles. The highest BCUT2D eigenvalue weighted by atomic mass is 16.5. The van der Waals surface area contributed by atoms with Crippen LogP contribution in [0, 0.1) is 5.92 Å². The molecule has 13 heavy (non-hydrogen) atoms. The van der Waals surface area contributed by atoms with Gasteiger partial charge in [-0.05, 0) is 26.2 Å². The number of aromatic nitrogens is 2. The van der Waals surface area contributed by atoms with E-state index < -0.39 is 0 Å². The molecular formula is C10H14N2O. The summed E-state index contributed by atoms with van der Waals surface area (Å²) in [7, 11) is 0. The fraction of sp³-hybridized carbons (Fsp3) is 0.600. The number of hydrogen-bond donors (Lipinski definition) is 0. The Kier molecular flexibility index (Phi) is 1.94. The molecule has 0 saturated heterocycles. The summed E-state index contributed by atoms with van der Waals surface area (Å²) in [5.74, 6) is 2.82. The van der Waals surface area contributed by atoms with Crippen LogP contribution in [0.25, 0.3) is 5.57 Å². The van der Waals surface area contributed by atoms with Crippen LogP contribution < -0.4 is 0 Å². The lowest BCUT2D eigenvalue weighted by atomic mass is 10.3. The third-order valence-electron chi connectivity index (χ3n) is 2.65. The molecule has 3 heteroatoms. The van der Waals surface area contributed by atoms with Crippen LogP contribution in [-0.4, -0.2) is 10.1 Å². The monoisotopic (exact) mass is 178 g/mol. The molecule has 70 valence electrons. The van der Waals surface area contributed by atoms with Crippen molar-refractivity contribution in [2.24, 2.45) is 5.92 Å². The average molecular weight is 178 g/mol. The summed E-state index contributed by atoms with van der Waals surface area (Å²) in [6.07, 6.45) is 3.18. The molecule has 1 aliphatic carbocycles. The first-order valence-corrected chi connectivity index (χ1v) is 4.69. The van der Waals surface area contributed by atoms with Crippen LogP contribution in [0.1, 0.15) is 44.8 Å². The van der Waals surface area contributed by atoms with Gasteiger partial charge in [-0.15, -0.1) is 0 Å². The molecule has 1 fully saturated rings. The minimum atomic E-state index is 0.544. The number of allylic oxidation sites excluding steroid dienone is 2. The predicted octanol–water partition coefficient (Wildman–Crippen LogP) is 2.62. The van der Waals surface area contributed by atoms with Crippen LogP contribution in [0.15, 0.2) is 10.6 Å². The molecule has 0 amide bonds. The lowest BCUT2D eigenvalue weighted by Crippen LogP contribution is -1.85. The van der Waals surface area contributed by atoms with Gasteiger partial charge in [-0.1, -0.05) is 18.2 Å². The standard InChI is InChI=1S/C10H14N2O/c1-4-6(2)10-11-9(12-13-10)8-5-7(8)3/h4,7-8H,5H2,1-3H3/b6-4-. The molecule has 1 aliphatic rings. The Balaban J connectivity index is 2.19. The third kappa shape index (κ3) is 1.50. The number of nitrogens with zero attached hydrogens (tertiary/aromatic N) is 2. The lowest BCUT2D eigenvalue weighted by molar-refractivity contribution is 0.399. The molecule has 1 aromatic rings. The van der Waals surface area contributed by atoms with Crippen molar-refractivity contribution in [1.82, 2.24) is 10.1 Å². The Morgan fingerprint density at radius 1 is 1.62 bits per heavy atom. The summed E-state index contributed by atoms with van der Waals surface area (Å²) in [6, 6.07) is 0. The van der Waals surface area contributed by atoms with Crippen molar-refractivity contribution in [1.29, 1.82) is 0 Å². The summed E-state index contributed by atoms with van der Waals surface area (Å²) in [5, 5.41) is 3.97. The second-order valence-electron chi connectivity index (χ2n) is 3.75. The molecule has 1 saturated carbocycles. The highest BCUT2D eigenvalue weighted by molar-refractivity contribution is 5.55. The Morgan fingerprint density at radius 2 is 2.31 bits per heavy atom. The van der Waals surface area contributed by atoms with Gasteiger partial charge in [0.1, 0.15) is 0 Å². The van der Waals surface area contributed by atoms with E-state index in [4.69, 9.17) is 4.52 Å². The Hall–Kier alpha value is -1.12. The van der Waals surface area contributed by atoms with Crippen molar-refractivity contribution < 1.29 is 4.52 Å². The van der Waals surface area contributed by atoms with E-state index in [-0.39, 0.29) is 0 Å². The van der Waals surface area contributed by atoms with Crippen LogP contribution in [0.4, 0.5) is 0 Å². The minimum Gasteiger partial charge on any atom is -0.334 e. The van der Waals surface area contributed by atoms with Crippen LogP contribution in [0.3, 0.4) is 0 Å². The molecule has 3 nitrogen and oxygen atoms in total. The van der Waals surface area contributed by atoms with Crippen molar-refractivity contribution >= 4 is 5.57 Å². The lowest BCUT2D eigenvalue weighted by Gasteiger charge is -1.87. The van der Waals surface area contributed by atoms with Crippen LogP contribution >= 0.6 is 0 Å². The van der Waals surface area contributed by atoms with E-state index in [9.17, 15) is 0 Å². The van der Waals surface area contributed by atoms with Crippen molar-refractivity contribution in [3.63, 3.8) is 0 Å². The van der Waals surface area contributed by atoms with Crippen molar-refractivity contribution in [3.05, 3.63) is 17.8 Å². The fourth-order valence-electron chi connectivity index (χ4n) is 1.35. The smallest absolute Gasteiger partial charge is 0.253 e.